The van der Waals surface area contributed by atoms with Gasteiger partial charge in [0.25, 0.3) is 5.91 Å². The maximum Gasteiger partial charge on any atom is 0.251 e. The van der Waals surface area contributed by atoms with Crippen LogP contribution in [0.4, 0.5) is 16.0 Å². The maximum atomic E-state index is 14.3. The monoisotopic (exact) mass is 436 g/mol. The first-order valence-electron chi connectivity index (χ1n) is 11.3. The lowest BCUT2D eigenvalue weighted by atomic mass is 9.83. The number of nitrogens with zero attached hydrogens (tertiary/aromatic N) is 3. The molecule has 0 radical (unpaired) electrons. The Morgan fingerprint density at radius 3 is 2.72 bits per heavy atom. The van der Waals surface area contributed by atoms with Gasteiger partial charge in [-0.2, -0.15) is 0 Å². The van der Waals surface area contributed by atoms with E-state index in [1.54, 1.807) is 24.5 Å². The first-order chi connectivity index (χ1) is 15.3. The molecule has 1 amide bonds. The van der Waals surface area contributed by atoms with Crippen molar-refractivity contribution in [3.63, 3.8) is 0 Å². The van der Waals surface area contributed by atoms with Gasteiger partial charge in [0, 0.05) is 36.6 Å². The molecule has 3 heterocycles. The maximum absolute atomic E-state index is 14.3. The highest BCUT2D eigenvalue weighted by Crippen LogP contribution is 2.26. The van der Waals surface area contributed by atoms with Crippen molar-refractivity contribution < 1.29 is 9.18 Å². The molecule has 1 atom stereocenters. The number of hydrogen-bond acceptors (Lipinski definition) is 5. The molecule has 1 aliphatic rings. The average molecular weight is 436 g/mol. The van der Waals surface area contributed by atoms with Crippen molar-refractivity contribution in [2.24, 2.45) is 0 Å². The minimum atomic E-state index is -1.48. The van der Waals surface area contributed by atoms with Crippen LogP contribution in [0.15, 0.2) is 42.7 Å². The van der Waals surface area contributed by atoms with E-state index >= 15 is 0 Å². The van der Waals surface area contributed by atoms with Crippen LogP contribution in [0.25, 0.3) is 5.65 Å². The van der Waals surface area contributed by atoms with Crippen molar-refractivity contribution in [2.45, 2.75) is 57.2 Å². The third kappa shape index (κ3) is 5.03. The molecule has 0 bridgehead atoms. The second kappa shape index (κ2) is 9.18. The van der Waals surface area contributed by atoms with E-state index < -0.39 is 5.57 Å². The van der Waals surface area contributed by atoms with Crippen LogP contribution < -0.4 is 16.0 Å². The standard InChI is InChI=1S/C23H30BFN6O/c1-3-26-19-13-15(11-12-27-19)22(32)29-17-9-7-16(8-10-17)28-20-5-4-6-21-30-18(14-31(20)21)23(2,24)25/h4-6,11-14,16-17,28H,3,7-10,24H2,1-2H3,(H,26,27)(H,29,32). The SMILES string of the molecule is BC(C)(F)c1cn2c(NC3CCC(NC(=O)c4ccnc(NCC)c4)CC3)cccc2n1. The molecule has 1 fully saturated rings. The fourth-order valence-corrected chi connectivity index (χ4v) is 4.12. The number of nitrogens with one attached hydrogen (secondary N) is 3. The van der Waals surface area contributed by atoms with Crippen molar-refractivity contribution in [1.29, 1.82) is 0 Å². The fourth-order valence-electron chi connectivity index (χ4n) is 4.12. The molecule has 3 aromatic heterocycles. The molecule has 3 aromatic rings. The van der Waals surface area contributed by atoms with Crippen molar-refractivity contribution in [3.05, 3.63) is 54.0 Å². The number of pyridine rings is 2. The normalized spacial score (nSPS) is 20.5. The summed E-state index contributed by atoms with van der Waals surface area (Å²) in [6, 6.07) is 9.77. The summed E-state index contributed by atoms with van der Waals surface area (Å²) in [4.78, 5) is 21.3. The first kappa shape index (κ1) is 22.1. The van der Waals surface area contributed by atoms with Gasteiger partial charge >= 0.3 is 0 Å². The molecule has 32 heavy (non-hydrogen) atoms. The van der Waals surface area contributed by atoms with Gasteiger partial charge in [0.2, 0.25) is 0 Å². The zero-order valence-corrected chi connectivity index (χ0v) is 18.9. The minimum absolute atomic E-state index is 0.0625. The molecular weight excluding hydrogens is 406 g/mol. The minimum Gasteiger partial charge on any atom is -0.370 e. The summed E-state index contributed by atoms with van der Waals surface area (Å²) in [5, 5.41) is 9.88. The number of fused-ring (bicyclic) bond motifs is 1. The molecule has 1 unspecified atom stereocenters. The highest BCUT2D eigenvalue weighted by Gasteiger charge is 2.25. The smallest absolute Gasteiger partial charge is 0.251 e. The molecule has 1 aliphatic carbocycles. The van der Waals surface area contributed by atoms with Gasteiger partial charge in [0.15, 0.2) is 7.85 Å². The van der Waals surface area contributed by atoms with Crippen LogP contribution in [0.1, 0.15) is 55.6 Å². The molecule has 7 nitrogen and oxygen atoms in total. The van der Waals surface area contributed by atoms with Gasteiger partial charge in [-0.3, -0.25) is 9.20 Å². The van der Waals surface area contributed by atoms with E-state index in [1.807, 2.05) is 29.5 Å². The predicted octanol–water partition coefficient (Wildman–Crippen LogP) is 3.09. The summed E-state index contributed by atoms with van der Waals surface area (Å²) >= 11 is 0. The largest absolute Gasteiger partial charge is 0.370 e. The Labute approximate surface area is 188 Å². The fraction of sp³-hybridized carbons (Fsp3) is 0.435. The third-order valence-corrected chi connectivity index (χ3v) is 5.90. The van der Waals surface area contributed by atoms with Gasteiger partial charge in [-0.25, -0.2) is 14.4 Å². The average Bonchev–Trinajstić information content (AvgIpc) is 3.22. The zero-order chi connectivity index (χ0) is 22.7. The second-order valence-corrected chi connectivity index (χ2v) is 8.86. The van der Waals surface area contributed by atoms with E-state index in [2.05, 4.69) is 25.9 Å². The van der Waals surface area contributed by atoms with Gasteiger partial charge in [-0.1, -0.05) is 6.07 Å². The quantitative estimate of drug-likeness (QED) is 0.496. The molecule has 4 rings (SSSR count). The Morgan fingerprint density at radius 2 is 2.00 bits per heavy atom. The summed E-state index contributed by atoms with van der Waals surface area (Å²) in [6.45, 7) is 4.27. The van der Waals surface area contributed by atoms with Gasteiger partial charge in [-0.05, 0) is 63.8 Å². The number of carbonyl (C=O) groups excluding carboxylic acids is 1. The molecule has 0 aliphatic heterocycles. The van der Waals surface area contributed by atoms with Crippen molar-refractivity contribution in [1.82, 2.24) is 19.7 Å². The van der Waals surface area contributed by atoms with Crippen molar-refractivity contribution in [3.8, 4) is 0 Å². The Balaban J connectivity index is 1.35. The number of amides is 1. The number of anilines is 2. The van der Waals surface area contributed by atoms with Gasteiger partial charge in [-0.15, -0.1) is 0 Å². The van der Waals surface area contributed by atoms with Crippen LogP contribution in [0, 0.1) is 0 Å². The molecule has 168 valence electrons. The Kier molecular flexibility index (Phi) is 6.34. The number of imidazole rings is 1. The van der Waals surface area contributed by atoms with Gasteiger partial charge < -0.3 is 16.0 Å². The summed E-state index contributed by atoms with van der Waals surface area (Å²) in [5.41, 5.74) is 0.286. The molecular formula is C23H30BFN6O. The van der Waals surface area contributed by atoms with Gasteiger partial charge in [0.05, 0.1) is 5.69 Å². The number of aromatic nitrogens is 3. The van der Waals surface area contributed by atoms with E-state index in [0.717, 1.165) is 43.7 Å². The highest BCUT2D eigenvalue weighted by atomic mass is 19.1. The lowest BCUT2D eigenvalue weighted by Crippen LogP contribution is -2.40. The number of halogens is 1. The Hall–Kier alpha value is -3.10. The van der Waals surface area contributed by atoms with Crippen LogP contribution >= 0.6 is 0 Å². The molecule has 1 saturated carbocycles. The molecule has 0 saturated heterocycles. The summed E-state index contributed by atoms with van der Waals surface area (Å²) < 4.78 is 16.3. The lowest BCUT2D eigenvalue weighted by Gasteiger charge is -2.30. The number of rotatable bonds is 7. The van der Waals surface area contributed by atoms with Crippen molar-refractivity contribution >= 4 is 31.0 Å². The molecule has 0 aromatic carbocycles. The van der Waals surface area contributed by atoms with Crippen LogP contribution in [-0.2, 0) is 5.57 Å². The van der Waals surface area contributed by atoms with E-state index in [-0.39, 0.29) is 11.9 Å². The summed E-state index contributed by atoms with van der Waals surface area (Å²) in [6.07, 6.45) is 7.10. The summed E-state index contributed by atoms with van der Waals surface area (Å²) in [5.74, 6) is 1.55. The van der Waals surface area contributed by atoms with E-state index in [1.165, 1.54) is 14.8 Å². The predicted molar refractivity (Wildman–Crippen MR) is 128 cm³/mol. The van der Waals surface area contributed by atoms with E-state index in [4.69, 9.17) is 0 Å². The molecule has 9 heteroatoms. The van der Waals surface area contributed by atoms with E-state index in [0.29, 0.717) is 23.1 Å². The third-order valence-electron chi connectivity index (χ3n) is 5.90. The second-order valence-electron chi connectivity index (χ2n) is 8.86. The molecule has 0 spiro atoms. The van der Waals surface area contributed by atoms with Gasteiger partial charge in [0.1, 0.15) is 22.9 Å². The highest BCUT2D eigenvalue weighted by molar-refractivity contribution is 6.14. The lowest BCUT2D eigenvalue weighted by molar-refractivity contribution is 0.0926. The van der Waals surface area contributed by atoms with Crippen LogP contribution in [0.5, 0.6) is 0 Å². The van der Waals surface area contributed by atoms with Crippen LogP contribution in [-0.4, -0.2) is 46.8 Å². The first-order valence-corrected chi connectivity index (χ1v) is 11.3. The summed E-state index contributed by atoms with van der Waals surface area (Å²) in [7, 11) is 1.52. The number of carbonyl (C=O) groups is 1. The van der Waals surface area contributed by atoms with Crippen molar-refractivity contribution in [2.75, 3.05) is 17.2 Å². The number of alkyl halides is 1. The van der Waals surface area contributed by atoms with E-state index in [9.17, 15) is 9.18 Å². The Morgan fingerprint density at radius 1 is 1.25 bits per heavy atom. The molecule has 3 N–H and O–H groups in total. The number of hydrogen-bond donors (Lipinski definition) is 3. The van der Waals surface area contributed by atoms with Crippen LogP contribution in [0.2, 0.25) is 0 Å². The topological polar surface area (TPSA) is 83.3 Å². The van der Waals surface area contributed by atoms with Crippen LogP contribution in [0.3, 0.4) is 0 Å². The zero-order valence-electron chi connectivity index (χ0n) is 18.9. The Bertz CT molecular complexity index is 1090.